The number of amides is 1. The first-order valence-corrected chi connectivity index (χ1v) is 10.0. The molecule has 1 atom stereocenters. The number of carbonyl (C=O) groups is 1. The largest absolute Gasteiger partial charge is 0.454 e. The first-order chi connectivity index (χ1) is 14.5. The minimum Gasteiger partial charge on any atom is -0.454 e. The second-order valence-corrected chi connectivity index (χ2v) is 7.59. The van der Waals surface area contributed by atoms with E-state index >= 15 is 0 Å². The third-order valence-electron chi connectivity index (χ3n) is 5.58. The Balaban J connectivity index is 1.25. The summed E-state index contributed by atoms with van der Waals surface area (Å²) in [6, 6.07) is 12.2. The number of benzene rings is 2. The zero-order chi connectivity index (χ0) is 21.1. The Morgan fingerprint density at radius 3 is 2.57 bits per heavy atom. The Labute approximate surface area is 174 Å². The Kier molecular flexibility index (Phi) is 5.71. The van der Waals surface area contributed by atoms with Gasteiger partial charge in [-0.25, -0.2) is 0 Å². The first-order valence-electron chi connectivity index (χ1n) is 10.0. The number of nitro benzene ring substituents is 1. The number of ether oxygens (including phenoxy) is 2. The van der Waals surface area contributed by atoms with E-state index in [0.717, 1.165) is 43.2 Å². The second kappa shape index (κ2) is 8.58. The van der Waals surface area contributed by atoms with E-state index in [2.05, 4.69) is 10.2 Å². The summed E-state index contributed by atoms with van der Waals surface area (Å²) in [5.74, 6) is 1.45. The summed E-state index contributed by atoms with van der Waals surface area (Å²) < 4.78 is 10.7. The third kappa shape index (κ3) is 4.46. The molecule has 9 heteroatoms. The predicted molar refractivity (Wildman–Crippen MR) is 110 cm³/mol. The van der Waals surface area contributed by atoms with Gasteiger partial charge >= 0.3 is 0 Å². The molecule has 0 bridgehead atoms. The highest BCUT2D eigenvalue weighted by molar-refractivity contribution is 5.77. The summed E-state index contributed by atoms with van der Waals surface area (Å²) in [4.78, 5) is 26.3. The molecule has 0 spiro atoms. The Morgan fingerprint density at radius 1 is 1.17 bits per heavy atom. The lowest BCUT2D eigenvalue weighted by Crippen LogP contribution is -3.15. The quantitative estimate of drug-likeness (QED) is 0.540. The van der Waals surface area contributed by atoms with Gasteiger partial charge in [0.25, 0.3) is 11.6 Å². The molecule has 0 aliphatic carbocycles. The molecule has 2 aromatic carbocycles. The van der Waals surface area contributed by atoms with Crippen molar-refractivity contribution in [2.45, 2.75) is 13.0 Å². The van der Waals surface area contributed by atoms with Crippen LogP contribution in [0.4, 0.5) is 11.4 Å². The van der Waals surface area contributed by atoms with Crippen molar-refractivity contribution in [3.63, 3.8) is 0 Å². The molecule has 2 N–H and O–H groups in total. The maximum Gasteiger partial charge on any atom is 0.275 e. The Hall–Kier alpha value is -3.33. The second-order valence-electron chi connectivity index (χ2n) is 7.59. The van der Waals surface area contributed by atoms with Crippen molar-refractivity contribution in [3.05, 3.63) is 58.1 Å². The molecule has 9 nitrogen and oxygen atoms in total. The van der Waals surface area contributed by atoms with Gasteiger partial charge in [0.2, 0.25) is 6.79 Å². The molecule has 4 rings (SSSR count). The molecule has 1 fully saturated rings. The van der Waals surface area contributed by atoms with Crippen LogP contribution in [0.5, 0.6) is 11.5 Å². The average molecular weight is 413 g/mol. The van der Waals surface area contributed by atoms with Crippen LogP contribution >= 0.6 is 0 Å². The highest BCUT2D eigenvalue weighted by Crippen LogP contribution is 2.34. The van der Waals surface area contributed by atoms with Gasteiger partial charge in [0.15, 0.2) is 18.0 Å². The number of nitro groups is 1. The number of nitrogens with zero attached hydrogens (tertiary/aromatic N) is 2. The summed E-state index contributed by atoms with van der Waals surface area (Å²) in [7, 11) is 0. The number of fused-ring (bicyclic) bond motifs is 1. The lowest BCUT2D eigenvalue weighted by Gasteiger charge is -2.33. The van der Waals surface area contributed by atoms with Crippen molar-refractivity contribution in [1.82, 2.24) is 5.32 Å². The highest BCUT2D eigenvalue weighted by atomic mass is 16.7. The van der Waals surface area contributed by atoms with Crippen molar-refractivity contribution >= 4 is 17.3 Å². The molecule has 0 saturated carbocycles. The number of carbonyl (C=O) groups excluding carboxylic acids is 1. The molecule has 158 valence electrons. The van der Waals surface area contributed by atoms with E-state index in [4.69, 9.17) is 9.47 Å². The molecular formula is C21H25N4O5+. The number of hydrogen-bond acceptors (Lipinski definition) is 6. The molecule has 0 aromatic heterocycles. The summed E-state index contributed by atoms with van der Waals surface area (Å²) in [6.07, 6.45) is 0. The number of quaternary nitrogens is 1. The topological polar surface area (TPSA) is 98.4 Å². The Morgan fingerprint density at radius 2 is 1.87 bits per heavy atom. The van der Waals surface area contributed by atoms with Gasteiger partial charge in [-0.05, 0) is 36.8 Å². The standard InChI is InChI=1S/C21H24N4O5/c1-15(16-2-7-19-20(12-16)30-14-29-19)22-21(26)13-23-8-10-24(11-9-23)17-3-5-18(6-4-17)25(27)28/h2-7,12,15H,8-11,13-14H2,1H3,(H,22,26)/p+1/t15-/m0/s1. The number of nitrogens with one attached hydrogen (secondary N) is 2. The number of hydrogen-bond donors (Lipinski definition) is 2. The van der Waals surface area contributed by atoms with Gasteiger partial charge in [-0.15, -0.1) is 0 Å². The van der Waals surface area contributed by atoms with Crippen LogP contribution in [0.15, 0.2) is 42.5 Å². The lowest BCUT2D eigenvalue weighted by atomic mass is 10.1. The van der Waals surface area contributed by atoms with Gasteiger partial charge in [0.05, 0.1) is 37.1 Å². The smallest absolute Gasteiger partial charge is 0.275 e. The molecule has 2 aromatic rings. The molecule has 1 saturated heterocycles. The van der Waals surface area contributed by atoms with E-state index in [1.54, 1.807) is 12.1 Å². The number of piperazine rings is 1. The monoisotopic (exact) mass is 413 g/mol. The van der Waals surface area contributed by atoms with E-state index in [-0.39, 0.29) is 24.4 Å². The summed E-state index contributed by atoms with van der Waals surface area (Å²) in [5, 5.41) is 13.9. The van der Waals surface area contributed by atoms with E-state index in [1.165, 1.54) is 17.0 Å². The minimum atomic E-state index is -0.394. The van der Waals surface area contributed by atoms with Crippen LogP contribution in [0.25, 0.3) is 0 Å². The SMILES string of the molecule is C[C@H](NC(=O)C[NH+]1CCN(c2ccc([N+](=O)[O-])cc2)CC1)c1ccc2c(c1)OCO2. The van der Waals surface area contributed by atoms with Crippen LogP contribution < -0.4 is 24.6 Å². The number of rotatable bonds is 6. The molecule has 2 aliphatic rings. The fourth-order valence-electron chi connectivity index (χ4n) is 3.83. The number of anilines is 1. The van der Waals surface area contributed by atoms with E-state index in [1.807, 2.05) is 25.1 Å². The molecule has 30 heavy (non-hydrogen) atoms. The minimum absolute atomic E-state index is 0.0129. The predicted octanol–water partition coefficient (Wildman–Crippen LogP) is 0.906. The zero-order valence-corrected chi connectivity index (χ0v) is 16.8. The Bertz CT molecular complexity index is 925. The van der Waals surface area contributed by atoms with Gasteiger partial charge in [-0.1, -0.05) is 6.07 Å². The van der Waals surface area contributed by atoms with Crippen molar-refractivity contribution in [2.75, 3.05) is 44.4 Å². The van der Waals surface area contributed by atoms with Gasteiger partial charge in [-0.3, -0.25) is 14.9 Å². The van der Waals surface area contributed by atoms with Crippen molar-refractivity contribution < 1.29 is 24.1 Å². The van der Waals surface area contributed by atoms with E-state index in [9.17, 15) is 14.9 Å². The van der Waals surface area contributed by atoms with Gasteiger partial charge in [0.1, 0.15) is 0 Å². The van der Waals surface area contributed by atoms with Crippen LogP contribution in [-0.4, -0.2) is 50.3 Å². The average Bonchev–Trinajstić information content (AvgIpc) is 3.22. The molecule has 2 aliphatic heterocycles. The normalized spacial score (nSPS) is 16.9. The molecule has 0 radical (unpaired) electrons. The van der Waals surface area contributed by atoms with Crippen LogP contribution in [-0.2, 0) is 4.79 Å². The fourth-order valence-corrected chi connectivity index (χ4v) is 3.83. The highest BCUT2D eigenvalue weighted by Gasteiger charge is 2.24. The molecular weight excluding hydrogens is 388 g/mol. The molecule has 2 heterocycles. The molecule has 1 amide bonds. The van der Waals surface area contributed by atoms with Crippen molar-refractivity contribution in [3.8, 4) is 11.5 Å². The van der Waals surface area contributed by atoms with Crippen LogP contribution in [0, 0.1) is 10.1 Å². The maximum atomic E-state index is 12.5. The van der Waals surface area contributed by atoms with Crippen molar-refractivity contribution in [1.29, 1.82) is 0 Å². The summed E-state index contributed by atoms with van der Waals surface area (Å²) in [5.41, 5.74) is 2.04. The van der Waals surface area contributed by atoms with Crippen LogP contribution in [0.3, 0.4) is 0 Å². The fraction of sp³-hybridized carbons (Fsp3) is 0.381. The number of non-ortho nitro benzene ring substituents is 1. The maximum absolute atomic E-state index is 12.5. The molecule has 0 unspecified atom stereocenters. The lowest BCUT2D eigenvalue weighted by molar-refractivity contribution is -0.892. The zero-order valence-electron chi connectivity index (χ0n) is 16.8. The summed E-state index contributed by atoms with van der Waals surface area (Å²) in [6.45, 7) is 5.89. The van der Waals surface area contributed by atoms with Crippen LogP contribution in [0.1, 0.15) is 18.5 Å². The van der Waals surface area contributed by atoms with Crippen molar-refractivity contribution in [2.24, 2.45) is 0 Å². The van der Waals surface area contributed by atoms with E-state index < -0.39 is 4.92 Å². The third-order valence-corrected chi connectivity index (χ3v) is 5.58. The van der Waals surface area contributed by atoms with Crippen LogP contribution in [0.2, 0.25) is 0 Å². The van der Waals surface area contributed by atoms with Gasteiger partial charge in [0, 0.05) is 17.8 Å². The van der Waals surface area contributed by atoms with E-state index in [0.29, 0.717) is 12.3 Å². The summed E-state index contributed by atoms with van der Waals surface area (Å²) >= 11 is 0. The van der Waals surface area contributed by atoms with Gasteiger partial charge < -0.3 is 24.6 Å². The van der Waals surface area contributed by atoms with Gasteiger partial charge in [-0.2, -0.15) is 0 Å². The first kappa shape index (κ1) is 20.0.